The molecule has 0 aromatic carbocycles. The number of hydrogen-bond donors (Lipinski definition) is 1. The van der Waals surface area contributed by atoms with Gasteiger partial charge < -0.3 is 9.67 Å². The highest BCUT2D eigenvalue weighted by molar-refractivity contribution is 5.71. The lowest BCUT2D eigenvalue weighted by Gasteiger charge is -2.19. The van der Waals surface area contributed by atoms with E-state index in [4.69, 9.17) is 5.11 Å². The number of carboxylic acid groups (broad SMARTS) is 1. The fourth-order valence-corrected chi connectivity index (χ4v) is 2.48. The number of carboxylic acids is 1. The number of carbonyl (C=O) groups is 1. The van der Waals surface area contributed by atoms with E-state index >= 15 is 0 Å². The second kappa shape index (κ2) is 4.04. The molecule has 0 radical (unpaired) electrons. The van der Waals surface area contributed by atoms with Crippen molar-refractivity contribution < 1.29 is 9.90 Å². The summed E-state index contributed by atoms with van der Waals surface area (Å²) in [5, 5.41) is 9.11. The van der Waals surface area contributed by atoms with Crippen LogP contribution in [0.4, 0.5) is 0 Å². The Hall–Kier alpha value is -1.32. The number of imidazole rings is 1. The fourth-order valence-electron chi connectivity index (χ4n) is 2.48. The van der Waals surface area contributed by atoms with Gasteiger partial charge in [-0.2, -0.15) is 0 Å². The maximum absolute atomic E-state index is 11.1. The molecule has 0 spiro atoms. The van der Waals surface area contributed by atoms with Gasteiger partial charge in [0.25, 0.3) is 0 Å². The van der Waals surface area contributed by atoms with Crippen LogP contribution in [-0.4, -0.2) is 20.6 Å². The molecule has 1 aliphatic rings. The Morgan fingerprint density at radius 1 is 1.67 bits per heavy atom. The van der Waals surface area contributed by atoms with E-state index in [1.165, 1.54) is 0 Å². The summed E-state index contributed by atoms with van der Waals surface area (Å²) in [5.74, 6) is 0.0888. The zero-order valence-corrected chi connectivity index (χ0v) is 8.89. The molecule has 1 aromatic heterocycles. The summed E-state index contributed by atoms with van der Waals surface area (Å²) in [6.45, 7) is 2.05. The van der Waals surface area contributed by atoms with Crippen molar-refractivity contribution in [3.05, 3.63) is 18.2 Å². The smallest absolute Gasteiger partial charge is 0.308 e. The molecular weight excluding hydrogens is 192 g/mol. The van der Waals surface area contributed by atoms with Crippen LogP contribution < -0.4 is 0 Å². The highest BCUT2D eigenvalue weighted by atomic mass is 16.4. The van der Waals surface area contributed by atoms with Gasteiger partial charge in [-0.05, 0) is 12.8 Å². The van der Waals surface area contributed by atoms with Gasteiger partial charge in [0.15, 0.2) is 0 Å². The standard InChI is InChI=1S/C11H16N2O2/c1-2-10-12-6-7-13(10)9-5-3-4-8(9)11(14)15/h6-9H,2-5H2,1H3,(H,14,15). The maximum atomic E-state index is 11.1. The average molecular weight is 208 g/mol. The summed E-state index contributed by atoms with van der Waals surface area (Å²) in [4.78, 5) is 15.3. The van der Waals surface area contributed by atoms with Gasteiger partial charge in [-0.15, -0.1) is 0 Å². The van der Waals surface area contributed by atoms with Crippen molar-refractivity contribution in [1.29, 1.82) is 0 Å². The zero-order valence-electron chi connectivity index (χ0n) is 8.89. The SMILES string of the molecule is CCc1nccn1C1CCCC1C(=O)O. The van der Waals surface area contributed by atoms with Crippen LogP contribution in [0.5, 0.6) is 0 Å². The molecule has 1 heterocycles. The molecule has 15 heavy (non-hydrogen) atoms. The van der Waals surface area contributed by atoms with Gasteiger partial charge in [0, 0.05) is 24.9 Å². The summed E-state index contributed by atoms with van der Waals surface area (Å²) in [6, 6.07) is 0.111. The lowest BCUT2D eigenvalue weighted by Crippen LogP contribution is -2.22. The van der Waals surface area contributed by atoms with Crippen molar-refractivity contribution in [2.75, 3.05) is 0 Å². The summed E-state index contributed by atoms with van der Waals surface area (Å²) < 4.78 is 2.05. The van der Waals surface area contributed by atoms with E-state index in [0.29, 0.717) is 0 Å². The third kappa shape index (κ3) is 1.76. The summed E-state index contributed by atoms with van der Waals surface area (Å²) >= 11 is 0. The molecule has 4 heteroatoms. The van der Waals surface area contributed by atoms with Crippen molar-refractivity contribution >= 4 is 5.97 Å². The molecule has 1 aromatic rings. The lowest BCUT2D eigenvalue weighted by atomic mass is 10.0. The summed E-state index contributed by atoms with van der Waals surface area (Å²) in [6.07, 6.45) is 7.28. The lowest BCUT2D eigenvalue weighted by molar-refractivity contribution is -0.142. The monoisotopic (exact) mass is 208 g/mol. The van der Waals surface area contributed by atoms with E-state index in [1.54, 1.807) is 6.20 Å². The van der Waals surface area contributed by atoms with Crippen LogP contribution in [0.25, 0.3) is 0 Å². The first kappa shape index (κ1) is 10.2. The number of aliphatic carboxylic acids is 1. The Morgan fingerprint density at radius 3 is 3.13 bits per heavy atom. The third-order valence-electron chi connectivity index (χ3n) is 3.22. The van der Waals surface area contributed by atoms with Crippen LogP contribution in [0.1, 0.15) is 38.1 Å². The summed E-state index contributed by atoms with van der Waals surface area (Å²) in [7, 11) is 0. The predicted octanol–water partition coefficient (Wildman–Crippen LogP) is 1.87. The summed E-state index contributed by atoms with van der Waals surface area (Å²) in [5.41, 5.74) is 0. The van der Waals surface area contributed by atoms with Gasteiger partial charge in [-0.25, -0.2) is 4.98 Å². The van der Waals surface area contributed by atoms with Gasteiger partial charge in [0.2, 0.25) is 0 Å². The van der Waals surface area contributed by atoms with Crippen molar-refractivity contribution in [3.63, 3.8) is 0 Å². The van der Waals surface area contributed by atoms with Crippen LogP contribution in [0.15, 0.2) is 12.4 Å². The Morgan fingerprint density at radius 2 is 2.47 bits per heavy atom. The van der Waals surface area contributed by atoms with Crippen LogP contribution in [0.3, 0.4) is 0 Å². The van der Waals surface area contributed by atoms with Crippen molar-refractivity contribution in [1.82, 2.24) is 9.55 Å². The third-order valence-corrected chi connectivity index (χ3v) is 3.22. The van der Waals surface area contributed by atoms with Gasteiger partial charge in [0.1, 0.15) is 5.82 Å². The number of hydrogen-bond acceptors (Lipinski definition) is 2. The minimum absolute atomic E-state index is 0.111. The molecule has 1 fully saturated rings. The Kier molecular flexibility index (Phi) is 2.75. The molecule has 0 saturated heterocycles. The highest BCUT2D eigenvalue weighted by Crippen LogP contribution is 2.36. The number of nitrogens with zero attached hydrogens (tertiary/aromatic N) is 2. The highest BCUT2D eigenvalue weighted by Gasteiger charge is 2.34. The molecule has 2 rings (SSSR count). The molecule has 1 aliphatic carbocycles. The molecule has 2 atom stereocenters. The van der Waals surface area contributed by atoms with E-state index in [0.717, 1.165) is 31.5 Å². The van der Waals surface area contributed by atoms with Gasteiger partial charge >= 0.3 is 5.97 Å². The molecule has 4 nitrogen and oxygen atoms in total. The average Bonchev–Trinajstić information content (AvgIpc) is 2.85. The first-order valence-corrected chi connectivity index (χ1v) is 5.48. The first-order valence-electron chi connectivity index (χ1n) is 5.48. The molecule has 1 N–H and O–H groups in total. The number of rotatable bonds is 3. The van der Waals surface area contributed by atoms with Gasteiger partial charge in [0.05, 0.1) is 5.92 Å². The van der Waals surface area contributed by atoms with E-state index in [9.17, 15) is 4.79 Å². The molecular formula is C11H16N2O2. The van der Waals surface area contributed by atoms with E-state index in [2.05, 4.69) is 4.98 Å². The minimum atomic E-state index is -0.673. The van der Waals surface area contributed by atoms with Crippen LogP contribution in [0.2, 0.25) is 0 Å². The van der Waals surface area contributed by atoms with Crippen LogP contribution in [-0.2, 0) is 11.2 Å². The first-order chi connectivity index (χ1) is 7.24. The fraction of sp³-hybridized carbons (Fsp3) is 0.636. The van der Waals surface area contributed by atoms with Gasteiger partial charge in [-0.3, -0.25) is 4.79 Å². The second-order valence-corrected chi connectivity index (χ2v) is 4.05. The molecule has 1 saturated carbocycles. The molecule has 82 valence electrons. The molecule has 2 unspecified atom stereocenters. The van der Waals surface area contributed by atoms with E-state index in [1.807, 2.05) is 17.7 Å². The minimum Gasteiger partial charge on any atom is -0.481 e. The topological polar surface area (TPSA) is 55.1 Å². The number of aromatic nitrogens is 2. The molecule has 0 aliphatic heterocycles. The zero-order chi connectivity index (χ0) is 10.8. The predicted molar refractivity (Wildman–Crippen MR) is 55.6 cm³/mol. The maximum Gasteiger partial charge on any atom is 0.308 e. The second-order valence-electron chi connectivity index (χ2n) is 4.05. The Bertz CT molecular complexity index is 359. The number of aryl methyl sites for hydroxylation is 1. The van der Waals surface area contributed by atoms with Crippen molar-refractivity contribution in [2.24, 2.45) is 5.92 Å². The normalized spacial score (nSPS) is 25.7. The Labute approximate surface area is 88.9 Å². The van der Waals surface area contributed by atoms with Crippen LogP contribution in [0, 0.1) is 5.92 Å². The Balaban J connectivity index is 2.26. The molecule has 0 amide bonds. The quantitative estimate of drug-likeness (QED) is 0.825. The van der Waals surface area contributed by atoms with Gasteiger partial charge in [-0.1, -0.05) is 13.3 Å². The molecule has 0 bridgehead atoms. The van der Waals surface area contributed by atoms with Crippen LogP contribution >= 0.6 is 0 Å². The van der Waals surface area contributed by atoms with Crippen molar-refractivity contribution in [3.8, 4) is 0 Å². The van der Waals surface area contributed by atoms with Crippen molar-refractivity contribution in [2.45, 2.75) is 38.6 Å². The van der Waals surface area contributed by atoms with E-state index < -0.39 is 5.97 Å². The van der Waals surface area contributed by atoms with E-state index in [-0.39, 0.29) is 12.0 Å². The largest absolute Gasteiger partial charge is 0.481 e.